The summed E-state index contributed by atoms with van der Waals surface area (Å²) in [6, 6.07) is 3.73. The van der Waals surface area contributed by atoms with Gasteiger partial charge in [-0.05, 0) is 45.9 Å². The summed E-state index contributed by atoms with van der Waals surface area (Å²) in [7, 11) is 0.602. The van der Waals surface area contributed by atoms with E-state index in [2.05, 4.69) is 6.92 Å². The number of ether oxygens (including phenoxy) is 1. The van der Waals surface area contributed by atoms with Gasteiger partial charge in [0.1, 0.15) is 11.4 Å². The summed E-state index contributed by atoms with van der Waals surface area (Å²) in [5, 5.41) is 1.76. The highest BCUT2D eigenvalue weighted by molar-refractivity contribution is 8.51. The lowest BCUT2D eigenvalue weighted by Crippen LogP contribution is -2.36. The van der Waals surface area contributed by atoms with Gasteiger partial charge in [-0.3, -0.25) is 4.79 Å². The van der Waals surface area contributed by atoms with Crippen molar-refractivity contribution in [2.24, 2.45) is 0 Å². The van der Waals surface area contributed by atoms with Crippen LogP contribution in [0.5, 0.6) is 5.75 Å². The third-order valence-electron chi connectivity index (χ3n) is 3.12. The van der Waals surface area contributed by atoms with Crippen molar-refractivity contribution in [2.75, 3.05) is 5.75 Å². The van der Waals surface area contributed by atoms with Gasteiger partial charge in [0.25, 0.3) is 0 Å². The Labute approximate surface area is 131 Å². The highest BCUT2D eigenvalue weighted by Gasteiger charge is 2.33. The molecular weight excluding hydrogens is 311 g/mol. The van der Waals surface area contributed by atoms with Gasteiger partial charge in [0, 0.05) is 10.3 Å². The van der Waals surface area contributed by atoms with Gasteiger partial charge in [-0.25, -0.2) is 0 Å². The third-order valence-corrected chi connectivity index (χ3v) is 6.57. The van der Waals surface area contributed by atoms with Gasteiger partial charge in [0.15, 0.2) is 5.78 Å². The van der Waals surface area contributed by atoms with E-state index in [1.54, 1.807) is 6.07 Å². The van der Waals surface area contributed by atoms with Crippen LogP contribution in [0.25, 0.3) is 0 Å². The molecule has 1 aliphatic rings. The summed E-state index contributed by atoms with van der Waals surface area (Å²) >= 11 is 8.20. The molecule has 0 fully saturated rings. The standard InChI is InChI=1S/C15H20ClO2PS/c1-4-5-6-20-19-14-8-13-10(7-11(14)16)12(17)9-15(2,3)18-13/h7-8,19H,4-6,9H2,1-3H3. The van der Waals surface area contributed by atoms with Crippen LogP contribution in [0.4, 0.5) is 0 Å². The summed E-state index contributed by atoms with van der Waals surface area (Å²) in [4.78, 5) is 12.1. The van der Waals surface area contributed by atoms with Crippen LogP contribution in [0.3, 0.4) is 0 Å². The Balaban J connectivity index is 2.18. The van der Waals surface area contributed by atoms with Crippen LogP contribution in [0.1, 0.15) is 50.4 Å². The number of ketones is 1. The molecule has 0 aliphatic carbocycles. The summed E-state index contributed by atoms with van der Waals surface area (Å²) < 4.78 is 5.93. The van der Waals surface area contributed by atoms with Gasteiger partial charge in [-0.1, -0.05) is 24.9 Å². The van der Waals surface area contributed by atoms with Crippen molar-refractivity contribution in [3.8, 4) is 5.75 Å². The molecule has 0 amide bonds. The molecular formula is C15H20ClO2PS. The summed E-state index contributed by atoms with van der Waals surface area (Å²) in [5.74, 6) is 1.95. The van der Waals surface area contributed by atoms with Crippen molar-refractivity contribution in [1.29, 1.82) is 0 Å². The Morgan fingerprint density at radius 3 is 2.90 bits per heavy atom. The molecule has 1 aromatic rings. The minimum absolute atomic E-state index is 0.117. The average Bonchev–Trinajstić information content (AvgIpc) is 2.35. The fourth-order valence-electron chi connectivity index (χ4n) is 2.09. The molecule has 110 valence electrons. The molecule has 2 nitrogen and oxygen atoms in total. The maximum atomic E-state index is 12.1. The molecule has 1 aromatic carbocycles. The Hall–Kier alpha value is -0.240. The fourth-order valence-corrected chi connectivity index (χ4v) is 5.33. The number of benzene rings is 1. The summed E-state index contributed by atoms with van der Waals surface area (Å²) in [6.45, 7) is 6.08. The lowest BCUT2D eigenvalue weighted by molar-refractivity contribution is 0.0621. The van der Waals surface area contributed by atoms with Crippen molar-refractivity contribution in [1.82, 2.24) is 0 Å². The van der Waals surface area contributed by atoms with E-state index in [1.165, 1.54) is 12.8 Å². The number of rotatable bonds is 5. The van der Waals surface area contributed by atoms with Gasteiger partial charge in [-0.2, -0.15) is 0 Å². The largest absolute Gasteiger partial charge is 0.487 e. The summed E-state index contributed by atoms with van der Waals surface area (Å²) in [6.07, 6.45) is 2.84. The lowest BCUT2D eigenvalue weighted by Gasteiger charge is -2.32. The van der Waals surface area contributed by atoms with E-state index in [0.717, 1.165) is 11.1 Å². The van der Waals surface area contributed by atoms with Crippen LogP contribution in [0, 0.1) is 0 Å². The molecule has 2 rings (SSSR count). The Morgan fingerprint density at radius 1 is 1.45 bits per heavy atom. The molecule has 1 heterocycles. The second-order valence-electron chi connectivity index (χ2n) is 5.59. The first-order valence-electron chi connectivity index (χ1n) is 6.86. The van der Waals surface area contributed by atoms with E-state index in [0.29, 0.717) is 30.5 Å². The molecule has 20 heavy (non-hydrogen) atoms. The van der Waals surface area contributed by atoms with E-state index in [4.69, 9.17) is 16.3 Å². The molecule has 0 spiro atoms. The maximum absolute atomic E-state index is 12.1. The van der Waals surface area contributed by atoms with Gasteiger partial charge < -0.3 is 4.74 Å². The van der Waals surface area contributed by atoms with E-state index in [1.807, 2.05) is 31.3 Å². The quantitative estimate of drug-likeness (QED) is 0.571. The smallest absolute Gasteiger partial charge is 0.170 e. The van der Waals surface area contributed by atoms with E-state index >= 15 is 0 Å². The van der Waals surface area contributed by atoms with Gasteiger partial charge in [0.2, 0.25) is 0 Å². The zero-order valence-electron chi connectivity index (χ0n) is 12.1. The SMILES string of the molecule is CCCCSPc1cc2c(cc1Cl)C(=O)CC(C)(C)O2. The molecule has 1 aliphatic heterocycles. The molecule has 0 saturated carbocycles. The minimum Gasteiger partial charge on any atom is -0.487 e. The molecule has 1 atom stereocenters. The minimum atomic E-state index is -0.423. The van der Waals surface area contributed by atoms with Crippen molar-refractivity contribution in [3.63, 3.8) is 0 Å². The zero-order valence-corrected chi connectivity index (χ0v) is 14.7. The normalized spacial score (nSPS) is 17.3. The van der Waals surface area contributed by atoms with E-state index in [-0.39, 0.29) is 5.78 Å². The zero-order chi connectivity index (χ0) is 14.8. The molecule has 5 heteroatoms. The number of halogens is 1. The van der Waals surface area contributed by atoms with Crippen molar-refractivity contribution in [3.05, 3.63) is 22.7 Å². The van der Waals surface area contributed by atoms with Gasteiger partial charge in [-0.15, -0.1) is 11.4 Å². The third kappa shape index (κ3) is 3.90. The van der Waals surface area contributed by atoms with Crippen LogP contribution in [-0.2, 0) is 0 Å². The van der Waals surface area contributed by atoms with E-state index in [9.17, 15) is 4.79 Å². The van der Waals surface area contributed by atoms with Crippen LogP contribution in [-0.4, -0.2) is 17.1 Å². The first-order valence-corrected chi connectivity index (χ1v) is 9.95. The molecule has 0 aromatic heterocycles. The number of hydrogen-bond acceptors (Lipinski definition) is 3. The monoisotopic (exact) mass is 330 g/mol. The van der Waals surface area contributed by atoms with E-state index < -0.39 is 5.60 Å². The Kier molecular flexibility index (Phi) is 5.39. The highest BCUT2D eigenvalue weighted by atomic mass is 35.5. The van der Waals surface area contributed by atoms with Crippen LogP contribution in [0.15, 0.2) is 12.1 Å². The van der Waals surface area contributed by atoms with Gasteiger partial charge in [0.05, 0.1) is 12.0 Å². The number of unbranched alkanes of at least 4 members (excludes halogenated alkanes) is 1. The molecule has 0 radical (unpaired) electrons. The molecule has 0 saturated heterocycles. The van der Waals surface area contributed by atoms with Crippen molar-refractivity contribution >= 4 is 41.9 Å². The average molecular weight is 331 g/mol. The number of carbonyl (C=O) groups excluding carboxylic acids is 1. The molecule has 0 N–H and O–H groups in total. The molecule has 0 bridgehead atoms. The first-order chi connectivity index (χ1) is 9.43. The summed E-state index contributed by atoms with van der Waals surface area (Å²) in [5.41, 5.74) is 0.203. The second kappa shape index (κ2) is 6.68. The first kappa shape index (κ1) is 16.1. The van der Waals surface area contributed by atoms with Crippen LogP contribution >= 0.6 is 30.8 Å². The van der Waals surface area contributed by atoms with Crippen LogP contribution < -0.4 is 10.0 Å². The number of fused-ring (bicyclic) bond motifs is 1. The topological polar surface area (TPSA) is 26.3 Å². The second-order valence-corrected chi connectivity index (χ2v) is 8.92. The number of carbonyl (C=O) groups is 1. The van der Waals surface area contributed by atoms with Crippen LogP contribution in [0.2, 0.25) is 5.02 Å². The predicted molar refractivity (Wildman–Crippen MR) is 90.4 cm³/mol. The van der Waals surface area contributed by atoms with Crippen molar-refractivity contribution in [2.45, 2.75) is 45.6 Å². The maximum Gasteiger partial charge on any atom is 0.170 e. The molecule has 1 unspecified atom stereocenters. The lowest BCUT2D eigenvalue weighted by atomic mass is 9.93. The van der Waals surface area contributed by atoms with Gasteiger partial charge >= 0.3 is 0 Å². The number of hydrogen-bond donors (Lipinski definition) is 0. The number of Topliss-reactive ketones (excluding diaryl/α,β-unsaturated/α-hetero) is 1. The van der Waals surface area contributed by atoms with Crippen molar-refractivity contribution < 1.29 is 9.53 Å². The predicted octanol–water partition coefficient (Wildman–Crippen LogP) is 4.84. The Bertz CT molecular complexity index is 517. The Morgan fingerprint density at radius 2 is 2.20 bits per heavy atom. The highest BCUT2D eigenvalue weighted by Crippen LogP contribution is 2.38. The fraction of sp³-hybridized carbons (Fsp3) is 0.533.